The minimum absolute atomic E-state index is 0.377. The van der Waals surface area contributed by atoms with E-state index < -0.39 is 0 Å². The van der Waals surface area contributed by atoms with Crippen molar-refractivity contribution in [2.75, 3.05) is 0 Å². The van der Waals surface area contributed by atoms with Crippen LogP contribution in [0.4, 0.5) is 0 Å². The zero-order chi connectivity index (χ0) is 13.5. The molecule has 19 heavy (non-hydrogen) atoms. The average molecular weight is 254 g/mol. The SMILES string of the molecule is CCC(Cc1ccccc1)N(N)Cc1ccccc1. The van der Waals surface area contributed by atoms with Crippen molar-refractivity contribution in [1.29, 1.82) is 0 Å². The molecule has 0 fully saturated rings. The van der Waals surface area contributed by atoms with Crippen molar-refractivity contribution in [3.8, 4) is 0 Å². The molecule has 0 aliphatic carbocycles. The second kappa shape index (κ2) is 7.07. The second-order valence-electron chi connectivity index (χ2n) is 4.91. The zero-order valence-electron chi connectivity index (χ0n) is 11.5. The summed E-state index contributed by atoms with van der Waals surface area (Å²) in [6.07, 6.45) is 2.05. The van der Waals surface area contributed by atoms with E-state index in [9.17, 15) is 0 Å². The molecule has 2 heteroatoms. The summed E-state index contributed by atoms with van der Waals surface area (Å²) in [6.45, 7) is 2.99. The van der Waals surface area contributed by atoms with E-state index in [1.807, 2.05) is 11.1 Å². The summed E-state index contributed by atoms with van der Waals surface area (Å²) in [6, 6.07) is 21.3. The first-order valence-corrected chi connectivity index (χ1v) is 6.88. The van der Waals surface area contributed by atoms with Gasteiger partial charge in [0.05, 0.1) is 0 Å². The van der Waals surface area contributed by atoms with Gasteiger partial charge in [0.2, 0.25) is 0 Å². The van der Waals surface area contributed by atoms with Crippen LogP contribution in [0.15, 0.2) is 60.7 Å². The molecule has 2 rings (SSSR count). The third-order valence-electron chi connectivity index (χ3n) is 3.46. The van der Waals surface area contributed by atoms with Crippen LogP contribution in [0.25, 0.3) is 0 Å². The van der Waals surface area contributed by atoms with Gasteiger partial charge in [0.25, 0.3) is 0 Å². The Hall–Kier alpha value is -1.64. The molecule has 1 atom stereocenters. The van der Waals surface area contributed by atoms with Crippen LogP contribution in [-0.4, -0.2) is 11.1 Å². The van der Waals surface area contributed by atoms with Crippen LogP contribution in [0.1, 0.15) is 24.5 Å². The number of hydrazine groups is 1. The Morgan fingerprint density at radius 1 is 0.895 bits per heavy atom. The highest BCUT2D eigenvalue weighted by Gasteiger charge is 2.14. The minimum atomic E-state index is 0.377. The Balaban J connectivity index is 1.97. The van der Waals surface area contributed by atoms with Crippen LogP contribution in [0, 0.1) is 0 Å². The predicted octanol–water partition coefficient (Wildman–Crippen LogP) is 3.38. The van der Waals surface area contributed by atoms with Gasteiger partial charge in [0, 0.05) is 12.6 Å². The van der Waals surface area contributed by atoms with E-state index in [4.69, 9.17) is 5.84 Å². The molecule has 2 N–H and O–H groups in total. The fourth-order valence-corrected chi connectivity index (χ4v) is 2.31. The van der Waals surface area contributed by atoms with Gasteiger partial charge in [-0.25, -0.2) is 5.01 Å². The van der Waals surface area contributed by atoms with Crippen molar-refractivity contribution < 1.29 is 0 Å². The summed E-state index contributed by atoms with van der Waals surface area (Å²) in [4.78, 5) is 0. The highest BCUT2D eigenvalue weighted by Crippen LogP contribution is 2.12. The number of nitrogens with two attached hydrogens (primary N) is 1. The van der Waals surface area contributed by atoms with Gasteiger partial charge in [-0.3, -0.25) is 5.84 Å². The highest BCUT2D eigenvalue weighted by molar-refractivity contribution is 5.17. The fraction of sp³-hybridized carbons (Fsp3) is 0.294. The number of hydrogen-bond donors (Lipinski definition) is 1. The summed E-state index contributed by atoms with van der Waals surface area (Å²) in [7, 11) is 0. The molecule has 0 amide bonds. The van der Waals surface area contributed by atoms with Gasteiger partial charge in [-0.2, -0.15) is 0 Å². The number of nitrogens with zero attached hydrogens (tertiary/aromatic N) is 1. The first kappa shape index (κ1) is 13.8. The molecule has 2 aromatic rings. The maximum atomic E-state index is 6.24. The normalized spacial score (nSPS) is 12.6. The molecule has 0 radical (unpaired) electrons. The molecule has 0 heterocycles. The number of hydrogen-bond acceptors (Lipinski definition) is 2. The van der Waals surface area contributed by atoms with E-state index in [1.54, 1.807) is 0 Å². The highest BCUT2D eigenvalue weighted by atomic mass is 15.4. The Morgan fingerprint density at radius 3 is 1.95 bits per heavy atom. The maximum absolute atomic E-state index is 6.24. The monoisotopic (exact) mass is 254 g/mol. The summed E-state index contributed by atoms with van der Waals surface area (Å²) in [5.74, 6) is 6.24. The average Bonchev–Trinajstić information content (AvgIpc) is 2.47. The first-order valence-electron chi connectivity index (χ1n) is 6.88. The van der Waals surface area contributed by atoms with Crippen molar-refractivity contribution in [2.24, 2.45) is 5.84 Å². The van der Waals surface area contributed by atoms with E-state index in [0.717, 1.165) is 19.4 Å². The van der Waals surface area contributed by atoms with Gasteiger partial charge in [-0.1, -0.05) is 67.6 Å². The molecule has 1 unspecified atom stereocenters. The minimum Gasteiger partial charge on any atom is -0.268 e. The van der Waals surface area contributed by atoms with Crippen molar-refractivity contribution in [3.63, 3.8) is 0 Å². The number of benzene rings is 2. The van der Waals surface area contributed by atoms with Crippen molar-refractivity contribution in [1.82, 2.24) is 5.01 Å². The van der Waals surface area contributed by atoms with Gasteiger partial charge in [0.15, 0.2) is 0 Å². The van der Waals surface area contributed by atoms with Crippen LogP contribution >= 0.6 is 0 Å². The Kier molecular flexibility index (Phi) is 5.13. The zero-order valence-corrected chi connectivity index (χ0v) is 11.5. The largest absolute Gasteiger partial charge is 0.268 e. The van der Waals surface area contributed by atoms with E-state index in [-0.39, 0.29) is 0 Å². The van der Waals surface area contributed by atoms with E-state index in [1.165, 1.54) is 11.1 Å². The molecule has 2 nitrogen and oxygen atoms in total. The summed E-state index contributed by atoms with van der Waals surface area (Å²) >= 11 is 0. The van der Waals surface area contributed by atoms with E-state index in [0.29, 0.717) is 6.04 Å². The standard InChI is InChI=1S/C17H22N2/c1-2-17(13-15-9-5-3-6-10-15)19(18)14-16-11-7-4-8-12-16/h3-12,17H,2,13-14,18H2,1H3. The van der Waals surface area contributed by atoms with Gasteiger partial charge in [-0.15, -0.1) is 0 Å². The quantitative estimate of drug-likeness (QED) is 0.632. The lowest BCUT2D eigenvalue weighted by Crippen LogP contribution is -2.41. The van der Waals surface area contributed by atoms with Crippen LogP contribution in [0.2, 0.25) is 0 Å². The molecule has 0 aliphatic rings. The lowest BCUT2D eigenvalue weighted by atomic mass is 10.0. The molecule has 0 saturated carbocycles. The Bertz CT molecular complexity index is 467. The lowest BCUT2D eigenvalue weighted by molar-refractivity contribution is 0.184. The first-order chi connectivity index (χ1) is 9.29. The molecule has 0 spiro atoms. The van der Waals surface area contributed by atoms with Crippen molar-refractivity contribution in [3.05, 3.63) is 71.8 Å². The molecule has 0 aliphatic heterocycles. The molecule has 100 valence electrons. The predicted molar refractivity (Wildman–Crippen MR) is 80.4 cm³/mol. The van der Waals surface area contributed by atoms with Crippen LogP contribution in [0.3, 0.4) is 0 Å². The Morgan fingerprint density at radius 2 is 1.42 bits per heavy atom. The lowest BCUT2D eigenvalue weighted by Gasteiger charge is -2.26. The molecule has 0 bridgehead atoms. The fourth-order valence-electron chi connectivity index (χ4n) is 2.31. The second-order valence-corrected chi connectivity index (χ2v) is 4.91. The molecular formula is C17H22N2. The van der Waals surface area contributed by atoms with Crippen LogP contribution in [-0.2, 0) is 13.0 Å². The summed E-state index contributed by atoms with van der Waals surface area (Å²) < 4.78 is 0. The summed E-state index contributed by atoms with van der Waals surface area (Å²) in [5, 5.41) is 1.96. The van der Waals surface area contributed by atoms with Crippen molar-refractivity contribution >= 4 is 0 Å². The van der Waals surface area contributed by atoms with E-state index in [2.05, 4.69) is 61.5 Å². The van der Waals surface area contributed by atoms with Gasteiger partial charge >= 0.3 is 0 Å². The van der Waals surface area contributed by atoms with Gasteiger partial charge < -0.3 is 0 Å². The van der Waals surface area contributed by atoms with Crippen LogP contribution in [0.5, 0.6) is 0 Å². The topological polar surface area (TPSA) is 29.3 Å². The smallest absolute Gasteiger partial charge is 0.0382 e. The Labute approximate surface area is 115 Å². The molecule has 0 saturated heterocycles. The van der Waals surface area contributed by atoms with Crippen LogP contribution < -0.4 is 5.84 Å². The molecule has 0 aromatic heterocycles. The van der Waals surface area contributed by atoms with Crippen molar-refractivity contribution in [2.45, 2.75) is 32.4 Å². The van der Waals surface area contributed by atoms with Gasteiger partial charge in [-0.05, 0) is 24.0 Å². The summed E-state index contributed by atoms with van der Waals surface area (Å²) in [5.41, 5.74) is 2.61. The molecular weight excluding hydrogens is 232 g/mol. The third kappa shape index (κ3) is 4.19. The maximum Gasteiger partial charge on any atom is 0.0382 e. The van der Waals surface area contributed by atoms with Gasteiger partial charge in [0.1, 0.15) is 0 Å². The molecule has 2 aromatic carbocycles. The third-order valence-corrected chi connectivity index (χ3v) is 3.46. The number of rotatable bonds is 6. The van der Waals surface area contributed by atoms with E-state index >= 15 is 0 Å².